The van der Waals surface area contributed by atoms with E-state index >= 15 is 0 Å². The molecule has 4 rings (SSSR count). The minimum absolute atomic E-state index is 0.00359. The molecule has 49 heavy (non-hydrogen) atoms. The van der Waals surface area contributed by atoms with Gasteiger partial charge in [0.05, 0.1) is 16.5 Å². The third-order valence-corrected chi connectivity index (χ3v) is 15.4. The van der Waals surface area contributed by atoms with Crippen LogP contribution in [0.15, 0.2) is 12.7 Å². The highest BCUT2D eigenvalue weighted by molar-refractivity contribution is 7.92. The van der Waals surface area contributed by atoms with E-state index in [4.69, 9.17) is 0 Å². The zero-order valence-corrected chi connectivity index (χ0v) is 32.4. The average molecular weight is 702 g/mol. The van der Waals surface area contributed by atoms with Crippen molar-refractivity contribution in [1.29, 1.82) is 0 Å². The van der Waals surface area contributed by atoms with Crippen LogP contribution in [0.3, 0.4) is 0 Å². The van der Waals surface area contributed by atoms with Crippen LogP contribution in [0.25, 0.3) is 0 Å². The van der Waals surface area contributed by atoms with Crippen molar-refractivity contribution in [2.45, 2.75) is 150 Å². The van der Waals surface area contributed by atoms with Crippen LogP contribution in [0.1, 0.15) is 139 Å². The van der Waals surface area contributed by atoms with Crippen LogP contribution < -0.4 is 0 Å². The van der Waals surface area contributed by atoms with Crippen molar-refractivity contribution in [3.05, 3.63) is 12.7 Å². The molecule has 3 saturated carbocycles. The maximum Gasteiger partial charge on any atom is 0.227 e. The number of amides is 1. The Morgan fingerprint density at radius 2 is 1.55 bits per heavy atom. The SMILES string of the molecule is C=CCCC(=O)C(=O)[C@@H](CC(=O)[C@@H]1[C@@H]2C(CN1C(=O)[C@@H](CC(=O)CC1(CS(=O)(=O)C(C)(C)C)CCCCC1)C(C)(C)C)C2(C)C)CC1CC1. The summed E-state index contributed by atoms with van der Waals surface area (Å²) in [5.74, 6) is -2.31. The van der Waals surface area contributed by atoms with Gasteiger partial charge in [0.2, 0.25) is 11.7 Å². The molecule has 4 aliphatic rings. The van der Waals surface area contributed by atoms with Gasteiger partial charge in [-0.2, -0.15) is 0 Å². The second-order valence-corrected chi connectivity index (χ2v) is 21.6. The van der Waals surface area contributed by atoms with Crippen LogP contribution in [-0.4, -0.2) is 65.4 Å². The standard InChI is InChI=1S/C40H63NO7S/c1-10-11-15-31(43)35(45)27(20-26-16-17-26)21-32(44)34-33-30(39(33,8)9)24-41(34)36(46)29(37(2,3)4)22-28(42)23-40(18-13-12-14-19-40)25-49(47,48)38(5,6)7/h10,26-27,29-30,33-34H,1,11-25H2,2-9H3/t27-,29-,30?,33+,34-/m1/s1. The number of Topliss-reactive ketones (excluding diaryl/α,β-unsaturated/α-hetero) is 4. The van der Waals surface area contributed by atoms with Crippen molar-refractivity contribution >= 4 is 38.9 Å². The summed E-state index contributed by atoms with van der Waals surface area (Å²) in [7, 11) is -3.46. The summed E-state index contributed by atoms with van der Waals surface area (Å²) in [4.78, 5) is 70.6. The molecule has 5 atom stereocenters. The number of hydrogen-bond acceptors (Lipinski definition) is 7. The Labute approximate surface area is 295 Å². The van der Waals surface area contributed by atoms with Crippen molar-refractivity contribution in [3.8, 4) is 0 Å². The number of hydrogen-bond donors (Lipinski definition) is 0. The highest BCUT2D eigenvalue weighted by atomic mass is 32.2. The number of allylic oxidation sites excluding steroid dienone is 1. The van der Waals surface area contributed by atoms with E-state index < -0.39 is 54.9 Å². The van der Waals surface area contributed by atoms with E-state index in [0.717, 1.165) is 32.1 Å². The van der Waals surface area contributed by atoms with Crippen LogP contribution in [0.4, 0.5) is 0 Å². The summed E-state index contributed by atoms with van der Waals surface area (Å²) in [6.07, 6.45) is 8.86. The lowest BCUT2D eigenvalue weighted by Gasteiger charge is -2.40. The molecule has 1 amide bonds. The van der Waals surface area contributed by atoms with E-state index in [1.54, 1.807) is 31.7 Å². The van der Waals surface area contributed by atoms with E-state index in [2.05, 4.69) is 20.4 Å². The lowest BCUT2D eigenvalue weighted by molar-refractivity contribution is -0.148. The number of sulfone groups is 1. The summed E-state index contributed by atoms with van der Waals surface area (Å²) in [5, 5.41) is 0. The lowest BCUT2D eigenvalue weighted by Crippen LogP contribution is -2.51. The second kappa shape index (κ2) is 14.5. The molecule has 4 fully saturated rings. The van der Waals surface area contributed by atoms with Gasteiger partial charge in [-0.3, -0.25) is 24.0 Å². The van der Waals surface area contributed by atoms with Gasteiger partial charge in [0.25, 0.3) is 0 Å². The van der Waals surface area contributed by atoms with Crippen molar-refractivity contribution in [3.63, 3.8) is 0 Å². The Balaban J connectivity index is 1.55. The van der Waals surface area contributed by atoms with E-state index in [1.165, 1.54) is 0 Å². The Kier molecular flexibility index (Phi) is 11.7. The van der Waals surface area contributed by atoms with Crippen molar-refractivity contribution in [2.24, 2.45) is 45.8 Å². The first-order valence-corrected chi connectivity index (χ1v) is 20.4. The molecule has 276 valence electrons. The minimum atomic E-state index is -3.46. The first kappa shape index (κ1) is 39.6. The smallest absolute Gasteiger partial charge is 0.227 e. The van der Waals surface area contributed by atoms with Crippen LogP contribution in [0, 0.1) is 45.8 Å². The number of fused-ring (bicyclic) bond motifs is 1. The van der Waals surface area contributed by atoms with E-state index in [-0.39, 0.29) is 66.2 Å². The van der Waals surface area contributed by atoms with Crippen molar-refractivity contribution < 1.29 is 32.4 Å². The number of piperidine rings is 1. The fraction of sp³-hybridized carbons (Fsp3) is 0.825. The summed E-state index contributed by atoms with van der Waals surface area (Å²) in [6.45, 7) is 19.3. The molecule has 0 bridgehead atoms. The zero-order valence-electron chi connectivity index (χ0n) is 31.6. The Morgan fingerprint density at radius 1 is 0.939 bits per heavy atom. The van der Waals surface area contributed by atoms with Crippen molar-refractivity contribution in [2.75, 3.05) is 12.3 Å². The minimum Gasteiger partial charge on any atom is -0.332 e. The maximum atomic E-state index is 14.6. The molecule has 0 radical (unpaired) electrons. The number of nitrogens with zero attached hydrogens (tertiary/aromatic N) is 1. The largest absolute Gasteiger partial charge is 0.332 e. The Bertz CT molecular complexity index is 1420. The zero-order chi connectivity index (χ0) is 36.7. The van der Waals surface area contributed by atoms with Gasteiger partial charge in [-0.15, -0.1) is 6.58 Å². The normalized spacial score (nSPS) is 26.0. The van der Waals surface area contributed by atoms with Gasteiger partial charge in [0.1, 0.15) is 5.78 Å². The van der Waals surface area contributed by atoms with Gasteiger partial charge in [0, 0.05) is 44.1 Å². The van der Waals surface area contributed by atoms with E-state index in [0.29, 0.717) is 38.1 Å². The monoisotopic (exact) mass is 701 g/mol. The fourth-order valence-corrected chi connectivity index (χ4v) is 10.5. The maximum absolute atomic E-state index is 14.6. The third kappa shape index (κ3) is 9.02. The molecule has 0 N–H and O–H groups in total. The van der Waals surface area contributed by atoms with Gasteiger partial charge in [0.15, 0.2) is 21.4 Å². The topological polar surface area (TPSA) is 123 Å². The van der Waals surface area contributed by atoms with Gasteiger partial charge in [-0.25, -0.2) is 8.42 Å². The Hall–Kier alpha value is -2.16. The molecule has 1 aliphatic heterocycles. The van der Waals surface area contributed by atoms with Crippen molar-refractivity contribution in [1.82, 2.24) is 4.90 Å². The van der Waals surface area contributed by atoms with Gasteiger partial charge >= 0.3 is 0 Å². The number of ketones is 4. The fourth-order valence-electron chi connectivity index (χ4n) is 8.85. The summed E-state index contributed by atoms with van der Waals surface area (Å²) >= 11 is 0. The highest BCUT2D eigenvalue weighted by Gasteiger charge is 2.69. The summed E-state index contributed by atoms with van der Waals surface area (Å²) < 4.78 is 25.8. The number of carbonyl (C=O) groups excluding carboxylic acids is 5. The molecule has 1 unspecified atom stereocenters. The molecule has 3 aliphatic carbocycles. The van der Waals surface area contributed by atoms with E-state index in [9.17, 15) is 32.4 Å². The number of carbonyl (C=O) groups is 5. The number of rotatable bonds is 17. The predicted octanol–water partition coefficient (Wildman–Crippen LogP) is 7.12. The van der Waals surface area contributed by atoms with Crippen LogP contribution in [0.2, 0.25) is 0 Å². The molecule has 0 aromatic carbocycles. The van der Waals surface area contributed by atoms with Gasteiger partial charge < -0.3 is 4.90 Å². The molecular weight excluding hydrogens is 639 g/mol. The van der Waals surface area contributed by atoms with E-state index in [1.807, 2.05) is 20.8 Å². The molecule has 0 spiro atoms. The molecule has 9 heteroatoms. The molecule has 8 nitrogen and oxygen atoms in total. The van der Waals surface area contributed by atoms with Crippen LogP contribution in [-0.2, 0) is 33.8 Å². The quantitative estimate of drug-likeness (QED) is 0.117. The first-order chi connectivity index (χ1) is 22.5. The average Bonchev–Trinajstić information content (AvgIpc) is 3.84. The second-order valence-electron chi connectivity index (χ2n) is 18.8. The highest BCUT2D eigenvalue weighted by Crippen LogP contribution is 2.65. The first-order valence-electron chi connectivity index (χ1n) is 18.8. The third-order valence-electron chi connectivity index (χ3n) is 12.5. The number of likely N-dealkylation sites (tertiary alicyclic amines) is 1. The molecule has 1 heterocycles. The summed E-state index contributed by atoms with van der Waals surface area (Å²) in [5.41, 5.74) is -1.33. The molecule has 0 aromatic heterocycles. The predicted molar refractivity (Wildman–Crippen MR) is 192 cm³/mol. The molecule has 0 aromatic rings. The molecule has 1 saturated heterocycles. The van der Waals surface area contributed by atoms with Crippen LogP contribution in [0.5, 0.6) is 0 Å². The van der Waals surface area contributed by atoms with Gasteiger partial charge in [-0.1, -0.05) is 72.8 Å². The van der Waals surface area contributed by atoms with Crippen LogP contribution >= 0.6 is 0 Å². The lowest BCUT2D eigenvalue weighted by atomic mass is 9.70. The summed E-state index contributed by atoms with van der Waals surface area (Å²) in [6, 6.07) is -0.688. The Morgan fingerprint density at radius 3 is 2.08 bits per heavy atom. The molecular formula is C40H63NO7S. The van der Waals surface area contributed by atoms with Gasteiger partial charge in [-0.05, 0) is 80.5 Å².